The van der Waals surface area contributed by atoms with E-state index in [4.69, 9.17) is 5.11 Å². The van der Waals surface area contributed by atoms with Gasteiger partial charge in [-0.2, -0.15) is 4.31 Å². The fourth-order valence-electron chi connectivity index (χ4n) is 2.91. The topological polar surface area (TPSA) is 98.2 Å². The molecule has 2 rings (SSSR count). The molecule has 2 aliphatic heterocycles. The maximum absolute atomic E-state index is 12.5. The van der Waals surface area contributed by atoms with Gasteiger partial charge in [0.05, 0.1) is 12.8 Å². The van der Waals surface area contributed by atoms with Gasteiger partial charge in [0.15, 0.2) is 0 Å². The number of rotatable bonds is 4. The van der Waals surface area contributed by atoms with Gasteiger partial charge in [0.25, 0.3) is 0 Å². The van der Waals surface area contributed by atoms with Crippen LogP contribution in [0.5, 0.6) is 0 Å². The minimum Gasteiger partial charge on any atom is -0.480 e. The number of hydrogen-bond donors (Lipinski definition) is 1. The fraction of sp³-hybridized carbons (Fsp3) is 0.833. The summed E-state index contributed by atoms with van der Waals surface area (Å²) in [4.78, 5) is 26.5. The van der Waals surface area contributed by atoms with Gasteiger partial charge in [-0.1, -0.05) is 0 Å². The van der Waals surface area contributed by atoms with Crippen molar-refractivity contribution in [3.8, 4) is 0 Å². The van der Waals surface area contributed by atoms with Crippen LogP contribution in [0.2, 0.25) is 0 Å². The molecule has 9 heteroatoms. The third-order valence-electron chi connectivity index (χ3n) is 3.96. The second kappa shape index (κ2) is 6.29. The molecule has 1 N–H and O–H groups in total. The van der Waals surface area contributed by atoms with Crippen LogP contribution in [0.4, 0.5) is 0 Å². The van der Waals surface area contributed by atoms with Gasteiger partial charge in [0.1, 0.15) is 6.04 Å². The largest absolute Gasteiger partial charge is 0.480 e. The Bertz CT molecular complexity index is 513. The van der Waals surface area contributed by atoms with Gasteiger partial charge >= 0.3 is 5.97 Å². The van der Waals surface area contributed by atoms with Crippen molar-refractivity contribution >= 4 is 21.9 Å². The van der Waals surface area contributed by atoms with Crippen molar-refractivity contribution in [3.05, 3.63) is 0 Å². The molecule has 2 saturated heterocycles. The molecule has 0 aromatic carbocycles. The second-order valence-corrected chi connectivity index (χ2v) is 7.46. The number of piperazine rings is 1. The summed E-state index contributed by atoms with van der Waals surface area (Å²) in [5.74, 6) is -1.04. The second-order valence-electron chi connectivity index (χ2n) is 5.53. The number of carbonyl (C=O) groups excluding carboxylic acids is 1. The lowest BCUT2D eigenvalue weighted by Crippen LogP contribution is -2.54. The smallest absolute Gasteiger partial charge is 0.317 e. The van der Waals surface area contributed by atoms with Gasteiger partial charge in [-0.15, -0.1) is 0 Å². The molecule has 2 fully saturated rings. The number of sulfonamides is 1. The first-order valence-electron chi connectivity index (χ1n) is 6.99. The van der Waals surface area contributed by atoms with Gasteiger partial charge in [-0.3, -0.25) is 14.5 Å². The van der Waals surface area contributed by atoms with Gasteiger partial charge in [0.2, 0.25) is 15.9 Å². The van der Waals surface area contributed by atoms with Crippen LogP contribution in [-0.4, -0.2) is 91.1 Å². The number of aliphatic carboxylic acids is 1. The van der Waals surface area contributed by atoms with E-state index in [-0.39, 0.29) is 12.5 Å². The number of carboxylic acids is 1. The van der Waals surface area contributed by atoms with Crippen LogP contribution in [0.3, 0.4) is 0 Å². The quantitative estimate of drug-likeness (QED) is 0.687. The summed E-state index contributed by atoms with van der Waals surface area (Å²) in [5, 5.41) is 8.74. The van der Waals surface area contributed by atoms with E-state index in [0.717, 1.165) is 6.26 Å². The van der Waals surface area contributed by atoms with Crippen molar-refractivity contribution in [2.75, 3.05) is 45.5 Å². The Kier molecular flexibility index (Phi) is 4.84. The SMILES string of the molecule is CS(=O)(=O)N1CCCC1C(=O)N1CCN(CC(=O)O)CC1. The summed E-state index contributed by atoms with van der Waals surface area (Å²) in [6.45, 7) is 2.27. The van der Waals surface area contributed by atoms with Crippen LogP contribution < -0.4 is 0 Å². The Labute approximate surface area is 124 Å². The zero-order valence-electron chi connectivity index (χ0n) is 12.1. The fourth-order valence-corrected chi connectivity index (χ4v) is 4.03. The van der Waals surface area contributed by atoms with Crippen LogP contribution in [-0.2, 0) is 19.6 Å². The molecule has 0 radical (unpaired) electrons. The summed E-state index contributed by atoms with van der Waals surface area (Å²) < 4.78 is 24.6. The summed E-state index contributed by atoms with van der Waals surface area (Å²) in [5.41, 5.74) is 0. The highest BCUT2D eigenvalue weighted by Gasteiger charge is 2.39. The van der Waals surface area contributed by atoms with E-state index in [1.807, 2.05) is 0 Å². The summed E-state index contributed by atoms with van der Waals surface area (Å²) >= 11 is 0. The molecular weight excluding hydrogens is 298 g/mol. The highest BCUT2D eigenvalue weighted by Crippen LogP contribution is 2.22. The monoisotopic (exact) mass is 319 g/mol. The maximum atomic E-state index is 12.5. The molecule has 1 unspecified atom stereocenters. The minimum absolute atomic E-state index is 0.0269. The molecule has 0 aromatic heterocycles. The Hall–Kier alpha value is -1.19. The molecule has 8 nitrogen and oxygen atoms in total. The van der Waals surface area contributed by atoms with Gasteiger partial charge in [-0.05, 0) is 12.8 Å². The lowest BCUT2D eigenvalue weighted by molar-refractivity contribution is -0.140. The molecule has 2 heterocycles. The van der Waals surface area contributed by atoms with E-state index in [0.29, 0.717) is 45.6 Å². The Morgan fingerprint density at radius 2 is 1.76 bits per heavy atom. The van der Waals surface area contributed by atoms with E-state index in [1.54, 1.807) is 9.80 Å². The van der Waals surface area contributed by atoms with E-state index < -0.39 is 22.0 Å². The molecule has 1 atom stereocenters. The van der Waals surface area contributed by atoms with Crippen molar-refractivity contribution in [2.45, 2.75) is 18.9 Å². The van der Waals surface area contributed by atoms with Crippen LogP contribution in [0.25, 0.3) is 0 Å². The number of amides is 1. The van der Waals surface area contributed by atoms with E-state index >= 15 is 0 Å². The van der Waals surface area contributed by atoms with Crippen LogP contribution >= 0.6 is 0 Å². The third-order valence-corrected chi connectivity index (χ3v) is 5.25. The van der Waals surface area contributed by atoms with E-state index in [2.05, 4.69) is 0 Å². The molecule has 120 valence electrons. The molecule has 0 aromatic rings. The van der Waals surface area contributed by atoms with Crippen molar-refractivity contribution in [1.29, 1.82) is 0 Å². The lowest BCUT2D eigenvalue weighted by atomic mass is 10.2. The molecule has 0 spiro atoms. The van der Waals surface area contributed by atoms with Gasteiger partial charge in [0, 0.05) is 32.7 Å². The highest BCUT2D eigenvalue weighted by molar-refractivity contribution is 7.88. The van der Waals surface area contributed by atoms with Crippen molar-refractivity contribution in [1.82, 2.24) is 14.1 Å². The zero-order valence-corrected chi connectivity index (χ0v) is 12.9. The standard InChI is InChI=1S/C12H21N3O5S/c1-21(19,20)15-4-2-3-10(15)12(18)14-7-5-13(6-8-14)9-11(16)17/h10H,2-9H2,1H3,(H,16,17). The molecule has 0 aliphatic carbocycles. The number of hydrogen-bond acceptors (Lipinski definition) is 5. The number of carboxylic acid groups (broad SMARTS) is 1. The molecular formula is C12H21N3O5S. The minimum atomic E-state index is -3.36. The van der Waals surface area contributed by atoms with Crippen LogP contribution in [0, 0.1) is 0 Å². The van der Waals surface area contributed by atoms with Gasteiger partial charge in [-0.25, -0.2) is 8.42 Å². The predicted molar refractivity (Wildman–Crippen MR) is 75.2 cm³/mol. The first-order chi connectivity index (χ1) is 9.79. The first kappa shape index (κ1) is 16.2. The molecule has 2 aliphatic rings. The third kappa shape index (κ3) is 3.92. The van der Waals surface area contributed by atoms with E-state index in [9.17, 15) is 18.0 Å². The summed E-state index contributed by atoms with van der Waals surface area (Å²) in [7, 11) is -3.36. The van der Waals surface area contributed by atoms with Crippen LogP contribution in [0.15, 0.2) is 0 Å². The highest BCUT2D eigenvalue weighted by atomic mass is 32.2. The molecule has 1 amide bonds. The predicted octanol–water partition coefficient (Wildman–Crippen LogP) is -1.36. The zero-order chi connectivity index (χ0) is 15.6. The average molecular weight is 319 g/mol. The van der Waals surface area contributed by atoms with E-state index in [1.165, 1.54) is 4.31 Å². The Balaban J connectivity index is 1.94. The number of carbonyl (C=O) groups is 2. The van der Waals surface area contributed by atoms with Gasteiger partial charge < -0.3 is 10.0 Å². The van der Waals surface area contributed by atoms with Crippen LogP contribution in [0.1, 0.15) is 12.8 Å². The Morgan fingerprint density at radius 1 is 1.14 bits per heavy atom. The summed E-state index contributed by atoms with van der Waals surface area (Å²) in [6.07, 6.45) is 2.38. The first-order valence-corrected chi connectivity index (χ1v) is 8.83. The Morgan fingerprint density at radius 3 is 2.29 bits per heavy atom. The lowest BCUT2D eigenvalue weighted by Gasteiger charge is -2.36. The number of nitrogens with zero attached hydrogens (tertiary/aromatic N) is 3. The maximum Gasteiger partial charge on any atom is 0.317 e. The molecule has 0 saturated carbocycles. The normalized spacial score (nSPS) is 25.2. The van der Waals surface area contributed by atoms with Crippen molar-refractivity contribution in [3.63, 3.8) is 0 Å². The van der Waals surface area contributed by atoms with Crippen molar-refractivity contribution in [2.24, 2.45) is 0 Å². The molecule has 0 bridgehead atoms. The van der Waals surface area contributed by atoms with Crippen molar-refractivity contribution < 1.29 is 23.1 Å². The summed E-state index contributed by atoms with van der Waals surface area (Å²) in [6, 6.07) is -0.592. The average Bonchev–Trinajstić information content (AvgIpc) is 2.87. The molecule has 21 heavy (non-hydrogen) atoms.